The molecule has 1 aromatic heterocycles. The highest BCUT2D eigenvalue weighted by atomic mass is 16.2. The predicted molar refractivity (Wildman–Crippen MR) is 45.3 cm³/mol. The first-order chi connectivity index (χ1) is 5.46. The molecule has 0 saturated carbocycles. The number of nitrogens with zero attached hydrogens (tertiary/aromatic N) is 3. The fourth-order valence-electron chi connectivity index (χ4n) is 1.24. The Morgan fingerprint density at radius 2 is 1.58 bits per heavy atom. The van der Waals surface area contributed by atoms with Gasteiger partial charge in [-0.1, -0.05) is 0 Å². The summed E-state index contributed by atoms with van der Waals surface area (Å²) >= 11 is 0. The monoisotopic (exact) mass is 171 g/mol. The third-order valence-electron chi connectivity index (χ3n) is 1.86. The van der Waals surface area contributed by atoms with E-state index in [4.69, 9.17) is 0 Å². The van der Waals surface area contributed by atoms with Crippen molar-refractivity contribution in [3.05, 3.63) is 21.0 Å². The topological polar surface area (TPSA) is 48.9 Å². The van der Waals surface area contributed by atoms with Gasteiger partial charge in [0, 0.05) is 20.1 Å². The Kier molecular flexibility index (Phi) is 1.95. The first kappa shape index (κ1) is 8.83. The third-order valence-corrected chi connectivity index (χ3v) is 1.86. The van der Waals surface area contributed by atoms with Crippen molar-refractivity contribution in [1.82, 2.24) is 13.9 Å². The lowest BCUT2D eigenvalue weighted by Gasteiger charge is -2.07. The number of aromatic nitrogens is 3. The largest absolute Gasteiger partial charge is 0.347 e. The molecule has 0 radical (unpaired) electrons. The van der Waals surface area contributed by atoms with Crippen molar-refractivity contribution in [2.45, 2.75) is 19.9 Å². The molecular weight excluding hydrogens is 158 g/mol. The molecule has 0 atom stereocenters. The summed E-state index contributed by atoms with van der Waals surface area (Å²) in [4.78, 5) is 22.6. The molecule has 0 bridgehead atoms. The Bertz CT molecular complexity index is 394. The van der Waals surface area contributed by atoms with E-state index >= 15 is 0 Å². The molecule has 5 heteroatoms. The highest BCUT2D eigenvalue weighted by Crippen LogP contribution is 1.95. The molecule has 0 aromatic carbocycles. The summed E-state index contributed by atoms with van der Waals surface area (Å²) in [6.45, 7) is 3.72. The van der Waals surface area contributed by atoms with Gasteiger partial charge < -0.3 is 0 Å². The van der Waals surface area contributed by atoms with Crippen LogP contribution < -0.4 is 11.4 Å². The van der Waals surface area contributed by atoms with Crippen LogP contribution >= 0.6 is 0 Å². The Labute approximate surface area is 69.8 Å². The van der Waals surface area contributed by atoms with Crippen molar-refractivity contribution in [3.63, 3.8) is 0 Å². The van der Waals surface area contributed by atoms with Crippen molar-refractivity contribution in [1.29, 1.82) is 0 Å². The lowest BCUT2D eigenvalue weighted by atomic mass is 10.4. The maximum atomic E-state index is 11.4. The van der Waals surface area contributed by atoms with Crippen molar-refractivity contribution in [3.8, 4) is 0 Å². The van der Waals surface area contributed by atoms with Crippen LogP contribution in [-0.2, 0) is 14.1 Å². The Morgan fingerprint density at radius 3 is 1.75 bits per heavy atom. The zero-order valence-electron chi connectivity index (χ0n) is 7.74. The Morgan fingerprint density at radius 1 is 1.08 bits per heavy atom. The maximum Gasteiger partial charge on any atom is 0.347 e. The molecular formula is C7H13N3O2. The SMILES string of the molecule is CC(C)n1c(=O)n(C)c(=O)n1C. The molecule has 1 rings (SSSR count). The Balaban J connectivity index is 3.61. The molecule has 1 heterocycles. The van der Waals surface area contributed by atoms with E-state index in [1.165, 1.54) is 16.4 Å². The second-order valence-corrected chi connectivity index (χ2v) is 3.09. The quantitative estimate of drug-likeness (QED) is 0.570. The van der Waals surface area contributed by atoms with E-state index in [9.17, 15) is 9.59 Å². The summed E-state index contributed by atoms with van der Waals surface area (Å²) in [5, 5.41) is 0. The highest BCUT2D eigenvalue weighted by Gasteiger charge is 2.11. The standard InChI is InChI=1S/C7H13N3O2/c1-5(2)10-7(12)8(3)6(11)9(10)4/h5H,1-4H3. The van der Waals surface area contributed by atoms with Gasteiger partial charge in [-0.2, -0.15) is 0 Å². The van der Waals surface area contributed by atoms with Crippen LogP contribution in [0.3, 0.4) is 0 Å². The van der Waals surface area contributed by atoms with E-state index in [0.29, 0.717) is 0 Å². The van der Waals surface area contributed by atoms with Crippen LogP contribution in [0.25, 0.3) is 0 Å². The average molecular weight is 171 g/mol. The lowest BCUT2D eigenvalue weighted by molar-refractivity contribution is 0.430. The molecule has 0 saturated heterocycles. The first-order valence-corrected chi connectivity index (χ1v) is 3.81. The summed E-state index contributed by atoms with van der Waals surface area (Å²) in [5.41, 5.74) is -0.550. The van der Waals surface area contributed by atoms with Crippen LogP contribution in [-0.4, -0.2) is 13.9 Å². The van der Waals surface area contributed by atoms with Crippen molar-refractivity contribution < 1.29 is 0 Å². The van der Waals surface area contributed by atoms with E-state index < -0.39 is 0 Å². The molecule has 0 spiro atoms. The molecule has 1 aromatic rings. The fourth-order valence-corrected chi connectivity index (χ4v) is 1.24. The molecule has 0 aliphatic heterocycles. The summed E-state index contributed by atoms with van der Waals surface area (Å²) in [6.07, 6.45) is 0. The molecule has 68 valence electrons. The highest BCUT2D eigenvalue weighted by molar-refractivity contribution is 4.73. The Hall–Kier alpha value is -1.26. The van der Waals surface area contributed by atoms with Crippen LogP contribution in [0.5, 0.6) is 0 Å². The molecule has 12 heavy (non-hydrogen) atoms. The second kappa shape index (κ2) is 2.66. The van der Waals surface area contributed by atoms with Crippen molar-refractivity contribution >= 4 is 0 Å². The van der Waals surface area contributed by atoms with Gasteiger partial charge in [-0.25, -0.2) is 23.5 Å². The van der Waals surface area contributed by atoms with Crippen LogP contribution in [0.15, 0.2) is 9.59 Å². The zero-order chi connectivity index (χ0) is 9.46. The maximum absolute atomic E-state index is 11.4. The summed E-state index contributed by atoms with van der Waals surface area (Å²) < 4.78 is 3.84. The van der Waals surface area contributed by atoms with E-state index in [-0.39, 0.29) is 17.4 Å². The van der Waals surface area contributed by atoms with Gasteiger partial charge in [0.2, 0.25) is 0 Å². The minimum atomic E-state index is -0.284. The molecule has 0 aliphatic carbocycles. The molecule has 0 N–H and O–H groups in total. The first-order valence-electron chi connectivity index (χ1n) is 3.81. The van der Waals surface area contributed by atoms with Crippen LogP contribution in [0.1, 0.15) is 19.9 Å². The van der Waals surface area contributed by atoms with Gasteiger partial charge in [0.05, 0.1) is 0 Å². The van der Waals surface area contributed by atoms with E-state index in [1.54, 1.807) is 7.05 Å². The predicted octanol–water partition coefficient (Wildman–Crippen LogP) is -0.534. The van der Waals surface area contributed by atoms with Crippen LogP contribution in [0.4, 0.5) is 0 Å². The van der Waals surface area contributed by atoms with Gasteiger partial charge in [0.1, 0.15) is 0 Å². The third kappa shape index (κ3) is 1.01. The van der Waals surface area contributed by atoms with E-state index in [2.05, 4.69) is 0 Å². The second-order valence-electron chi connectivity index (χ2n) is 3.09. The minimum absolute atomic E-state index is 0.0106. The fraction of sp³-hybridized carbons (Fsp3) is 0.714. The normalized spacial score (nSPS) is 11.1. The van der Waals surface area contributed by atoms with Gasteiger partial charge in [0.15, 0.2) is 0 Å². The summed E-state index contributed by atoms with van der Waals surface area (Å²) in [5.74, 6) is 0. The average Bonchev–Trinajstić information content (AvgIpc) is 2.16. The van der Waals surface area contributed by atoms with Gasteiger partial charge >= 0.3 is 11.4 Å². The molecule has 0 fully saturated rings. The van der Waals surface area contributed by atoms with Gasteiger partial charge in [-0.05, 0) is 13.8 Å². The van der Waals surface area contributed by atoms with Crippen LogP contribution in [0, 0.1) is 0 Å². The van der Waals surface area contributed by atoms with E-state index in [1.807, 2.05) is 13.8 Å². The summed E-state index contributed by atoms with van der Waals surface area (Å²) in [7, 11) is 3.06. The van der Waals surface area contributed by atoms with Gasteiger partial charge in [-0.3, -0.25) is 0 Å². The molecule has 0 unspecified atom stereocenters. The molecule has 0 aliphatic rings. The van der Waals surface area contributed by atoms with Gasteiger partial charge in [-0.15, -0.1) is 0 Å². The summed E-state index contributed by atoms with van der Waals surface area (Å²) in [6, 6.07) is 0.0106. The van der Waals surface area contributed by atoms with Gasteiger partial charge in [0.25, 0.3) is 0 Å². The smallest absolute Gasteiger partial charge is 0.246 e. The molecule has 0 amide bonds. The number of hydrogen-bond acceptors (Lipinski definition) is 2. The van der Waals surface area contributed by atoms with Crippen molar-refractivity contribution in [2.24, 2.45) is 14.1 Å². The minimum Gasteiger partial charge on any atom is -0.246 e. The van der Waals surface area contributed by atoms with E-state index in [0.717, 1.165) is 4.57 Å². The van der Waals surface area contributed by atoms with Crippen LogP contribution in [0.2, 0.25) is 0 Å². The zero-order valence-corrected chi connectivity index (χ0v) is 7.74. The lowest BCUT2D eigenvalue weighted by Crippen LogP contribution is -2.27. The molecule has 5 nitrogen and oxygen atoms in total. The van der Waals surface area contributed by atoms with Crippen molar-refractivity contribution in [2.75, 3.05) is 0 Å². The number of hydrogen-bond donors (Lipinski definition) is 0. The number of rotatable bonds is 1.